The summed E-state index contributed by atoms with van der Waals surface area (Å²) in [5.74, 6) is -0.529. The summed E-state index contributed by atoms with van der Waals surface area (Å²) < 4.78 is 11.6. The fraction of sp³-hybridized carbons (Fsp3) is 0.600. The topological polar surface area (TPSA) is 152 Å². The smallest absolute Gasteiger partial charge is 0.405 e. The first-order chi connectivity index (χ1) is 12.3. The number of rotatable bonds is 7. The quantitative estimate of drug-likeness (QED) is 0.512. The lowest BCUT2D eigenvalue weighted by Crippen LogP contribution is -2.44. The van der Waals surface area contributed by atoms with Crippen molar-refractivity contribution in [3.05, 3.63) is 22.7 Å². The minimum absolute atomic E-state index is 0.00480. The molecule has 0 spiro atoms. The average Bonchev–Trinajstić information content (AvgIpc) is 3.02. The van der Waals surface area contributed by atoms with Gasteiger partial charge in [-0.15, -0.1) is 0 Å². The van der Waals surface area contributed by atoms with Gasteiger partial charge in [0.15, 0.2) is 12.5 Å². The molecule has 1 fully saturated rings. The third-order valence-electron chi connectivity index (χ3n) is 3.60. The number of hydrogen-bond donors (Lipinski definition) is 4. The van der Waals surface area contributed by atoms with E-state index in [0.29, 0.717) is 6.42 Å². The zero-order chi connectivity index (χ0) is 19.3. The number of aliphatic hydroxyl groups excluding tert-OH is 1. The van der Waals surface area contributed by atoms with Crippen LogP contribution in [0.3, 0.4) is 0 Å². The van der Waals surface area contributed by atoms with Gasteiger partial charge in [0.05, 0.1) is 13.2 Å². The van der Waals surface area contributed by atoms with Crippen molar-refractivity contribution in [3.63, 3.8) is 0 Å². The molecule has 2 amide bonds. The Labute approximate surface area is 148 Å². The van der Waals surface area contributed by atoms with Crippen LogP contribution < -0.4 is 16.3 Å². The molecule has 144 valence electrons. The molecule has 0 aliphatic carbocycles. The molecule has 0 aromatic carbocycles. The third kappa shape index (κ3) is 5.25. The van der Waals surface area contributed by atoms with E-state index in [1.54, 1.807) is 0 Å². The fourth-order valence-electron chi connectivity index (χ4n) is 2.45. The van der Waals surface area contributed by atoms with Crippen molar-refractivity contribution >= 4 is 17.8 Å². The van der Waals surface area contributed by atoms with Crippen molar-refractivity contribution in [2.75, 3.05) is 18.5 Å². The summed E-state index contributed by atoms with van der Waals surface area (Å²) in [7, 11) is 0. The molecule has 0 radical (unpaired) electrons. The predicted molar refractivity (Wildman–Crippen MR) is 88.5 cm³/mol. The first-order valence-corrected chi connectivity index (χ1v) is 8.07. The van der Waals surface area contributed by atoms with Crippen LogP contribution in [-0.4, -0.2) is 57.3 Å². The first-order valence-electron chi connectivity index (χ1n) is 8.07. The Morgan fingerprint density at radius 1 is 1.46 bits per heavy atom. The van der Waals surface area contributed by atoms with Crippen LogP contribution in [0.2, 0.25) is 0 Å². The summed E-state index contributed by atoms with van der Waals surface area (Å²) in [5.41, 5.74) is -0.679. The van der Waals surface area contributed by atoms with Crippen LogP contribution in [0.15, 0.2) is 17.1 Å². The van der Waals surface area contributed by atoms with Gasteiger partial charge in [0.1, 0.15) is 11.9 Å². The lowest BCUT2D eigenvalue weighted by Gasteiger charge is -2.18. The summed E-state index contributed by atoms with van der Waals surface area (Å²) >= 11 is 0. The van der Waals surface area contributed by atoms with Gasteiger partial charge in [-0.05, 0) is 18.4 Å². The highest BCUT2D eigenvalue weighted by molar-refractivity contribution is 5.95. The lowest BCUT2D eigenvalue weighted by atomic mass is 10.0. The van der Waals surface area contributed by atoms with Gasteiger partial charge in [0, 0.05) is 6.20 Å². The van der Waals surface area contributed by atoms with Crippen LogP contribution in [0.1, 0.15) is 26.5 Å². The molecule has 2 heterocycles. The van der Waals surface area contributed by atoms with Crippen molar-refractivity contribution in [1.29, 1.82) is 0 Å². The van der Waals surface area contributed by atoms with Crippen LogP contribution in [-0.2, 0) is 14.3 Å². The van der Waals surface area contributed by atoms with Gasteiger partial charge in [-0.2, -0.15) is 4.98 Å². The monoisotopic (exact) mass is 370 g/mol. The van der Waals surface area contributed by atoms with Gasteiger partial charge in [-0.3, -0.25) is 9.36 Å². The molecule has 1 aromatic rings. The molecule has 0 saturated carbocycles. The summed E-state index contributed by atoms with van der Waals surface area (Å²) in [5, 5.41) is 22.4. The fourth-order valence-corrected chi connectivity index (χ4v) is 2.45. The van der Waals surface area contributed by atoms with E-state index in [0.717, 1.165) is 0 Å². The first kappa shape index (κ1) is 19.8. The second-order valence-electron chi connectivity index (χ2n) is 6.16. The number of carbonyl (C=O) groups is 2. The van der Waals surface area contributed by atoms with Crippen molar-refractivity contribution in [1.82, 2.24) is 14.9 Å². The molecule has 1 saturated heterocycles. The SMILES string of the molecule is CC(C)CC(NC(=O)O)C(=O)Nc1ccn(C2COC(CO)O2)c(=O)n1. The largest absolute Gasteiger partial charge is 0.465 e. The Kier molecular flexibility index (Phi) is 6.66. The molecule has 1 aliphatic heterocycles. The van der Waals surface area contributed by atoms with E-state index in [4.69, 9.17) is 19.7 Å². The molecule has 0 bridgehead atoms. The summed E-state index contributed by atoms with van der Waals surface area (Å²) in [6.07, 6.45) is -1.17. The molecule has 4 N–H and O–H groups in total. The number of carboxylic acid groups (broad SMARTS) is 1. The van der Waals surface area contributed by atoms with E-state index >= 15 is 0 Å². The van der Waals surface area contributed by atoms with Gasteiger partial charge < -0.3 is 30.3 Å². The van der Waals surface area contributed by atoms with Crippen molar-refractivity contribution < 1.29 is 29.3 Å². The number of amides is 2. The normalized spacial score (nSPS) is 20.8. The highest BCUT2D eigenvalue weighted by Crippen LogP contribution is 2.19. The minimum Gasteiger partial charge on any atom is -0.465 e. The van der Waals surface area contributed by atoms with Gasteiger partial charge in [-0.1, -0.05) is 13.8 Å². The molecule has 1 aromatic heterocycles. The van der Waals surface area contributed by atoms with Crippen LogP contribution in [0, 0.1) is 5.92 Å². The summed E-state index contributed by atoms with van der Waals surface area (Å²) in [6, 6.07) is 0.427. The number of aromatic nitrogens is 2. The Morgan fingerprint density at radius 2 is 2.19 bits per heavy atom. The number of aliphatic hydroxyl groups is 1. The molecular weight excluding hydrogens is 348 g/mol. The Balaban J connectivity index is 2.07. The predicted octanol–water partition coefficient (Wildman–Crippen LogP) is -0.272. The average molecular weight is 370 g/mol. The van der Waals surface area contributed by atoms with E-state index < -0.39 is 36.2 Å². The van der Waals surface area contributed by atoms with Gasteiger partial charge in [0.2, 0.25) is 5.91 Å². The molecule has 26 heavy (non-hydrogen) atoms. The van der Waals surface area contributed by atoms with Crippen LogP contribution in [0.5, 0.6) is 0 Å². The number of anilines is 1. The van der Waals surface area contributed by atoms with Crippen molar-refractivity contribution in [2.45, 2.75) is 38.8 Å². The number of nitrogens with zero attached hydrogens (tertiary/aromatic N) is 2. The molecule has 2 rings (SSSR count). The van der Waals surface area contributed by atoms with Gasteiger partial charge >= 0.3 is 11.8 Å². The summed E-state index contributed by atoms with van der Waals surface area (Å²) in [4.78, 5) is 39.0. The van der Waals surface area contributed by atoms with Crippen LogP contribution in [0.4, 0.5) is 10.6 Å². The number of hydrogen-bond acceptors (Lipinski definition) is 7. The van der Waals surface area contributed by atoms with Crippen molar-refractivity contribution in [3.8, 4) is 0 Å². The van der Waals surface area contributed by atoms with E-state index in [1.807, 2.05) is 13.8 Å². The zero-order valence-corrected chi connectivity index (χ0v) is 14.4. The molecule has 3 unspecified atom stereocenters. The van der Waals surface area contributed by atoms with E-state index in [1.165, 1.54) is 16.8 Å². The zero-order valence-electron chi connectivity index (χ0n) is 14.4. The number of carbonyl (C=O) groups excluding carboxylic acids is 1. The standard InChI is InChI=1S/C15H22N4O7/c1-8(2)5-9(16-15(23)24)13(21)17-10-3-4-19(14(22)18-10)11-7-25-12(6-20)26-11/h3-4,8-9,11-12,16,20H,5-7H2,1-2H3,(H,23,24)(H,17,18,21,22). The summed E-state index contributed by atoms with van der Waals surface area (Å²) in [6.45, 7) is 3.46. The van der Waals surface area contributed by atoms with E-state index in [2.05, 4.69) is 15.6 Å². The Morgan fingerprint density at radius 3 is 2.73 bits per heavy atom. The van der Waals surface area contributed by atoms with Gasteiger partial charge in [0.25, 0.3) is 0 Å². The number of ether oxygens (including phenoxy) is 2. The van der Waals surface area contributed by atoms with Crippen LogP contribution in [0.25, 0.3) is 0 Å². The highest BCUT2D eigenvalue weighted by atomic mass is 16.7. The Hall–Kier alpha value is -2.50. The maximum Gasteiger partial charge on any atom is 0.405 e. The third-order valence-corrected chi connectivity index (χ3v) is 3.60. The molecule has 11 nitrogen and oxygen atoms in total. The lowest BCUT2D eigenvalue weighted by molar-refractivity contribution is -0.118. The maximum absolute atomic E-state index is 12.3. The molecule has 3 atom stereocenters. The number of nitrogens with one attached hydrogen (secondary N) is 2. The minimum atomic E-state index is -1.31. The highest BCUT2D eigenvalue weighted by Gasteiger charge is 2.28. The second-order valence-corrected chi connectivity index (χ2v) is 6.16. The van der Waals surface area contributed by atoms with E-state index in [-0.39, 0.29) is 24.9 Å². The van der Waals surface area contributed by atoms with Crippen molar-refractivity contribution in [2.24, 2.45) is 5.92 Å². The van der Waals surface area contributed by atoms with E-state index in [9.17, 15) is 14.4 Å². The molecule has 1 aliphatic rings. The second kappa shape index (κ2) is 8.74. The molecular formula is C15H22N4O7. The molecule has 11 heteroatoms. The Bertz CT molecular complexity index is 705. The van der Waals surface area contributed by atoms with Crippen LogP contribution >= 0.6 is 0 Å². The maximum atomic E-state index is 12.3. The van der Waals surface area contributed by atoms with Gasteiger partial charge in [-0.25, -0.2) is 9.59 Å².